The molecule has 0 bridgehead atoms. The Labute approximate surface area is 161 Å². The van der Waals surface area contributed by atoms with E-state index in [1.54, 1.807) is 38.2 Å². The topological polar surface area (TPSA) is 111 Å². The minimum absolute atomic E-state index is 0.0145. The molecule has 0 aliphatic heterocycles. The van der Waals surface area contributed by atoms with Crippen molar-refractivity contribution in [3.8, 4) is 0 Å². The minimum Gasteiger partial charge on any atom is -0.336 e. The number of amides is 1. The van der Waals surface area contributed by atoms with Crippen molar-refractivity contribution in [2.45, 2.75) is 42.4 Å². The van der Waals surface area contributed by atoms with Gasteiger partial charge in [-0.05, 0) is 24.8 Å². The summed E-state index contributed by atoms with van der Waals surface area (Å²) in [7, 11) is -4.08. The highest BCUT2D eigenvalue weighted by molar-refractivity contribution is 8.00. The Morgan fingerprint density at radius 3 is 2.67 bits per heavy atom. The molecule has 0 aromatic carbocycles. The number of hydrogen-bond acceptors (Lipinski definition) is 7. The summed E-state index contributed by atoms with van der Waals surface area (Å²) in [5.74, 6) is 0.936. The fourth-order valence-corrected chi connectivity index (χ4v) is 5.00. The molecule has 0 aliphatic carbocycles. The molecule has 1 amide bonds. The van der Waals surface area contributed by atoms with Crippen LogP contribution < -0.4 is 5.32 Å². The number of rotatable bonds is 6. The van der Waals surface area contributed by atoms with Crippen LogP contribution in [0.15, 0.2) is 39.6 Å². The van der Waals surface area contributed by atoms with Crippen LogP contribution in [0.1, 0.15) is 26.6 Å². The fourth-order valence-electron chi connectivity index (χ4n) is 2.57. The van der Waals surface area contributed by atoms with Crippen molar-refractivity contribution in [1.29, 1.82) is 0 Å². The summed E-state index contributed by atoms with van der Waals surface area (Å²) in [6.07, 6.45) is 2.00. The first-order valence-corrected chi connectivity index (χ1v) is 11.0. The average Bonchev–Trinajstić information content (AvgIpc) is 3.24. The van der Waals surface area contributed by atoms with Crippen LogP contribution in [-0.4, -0.2) is 50.9 Å². The number of fused-ring (bicyclic) bond motifs is 1. The Balaban J connectivity index is 2.19. The molecular weight excluding hydrogens is 388 g/mol. The predicted octanol–water partition coefficient (Wildman–Crippen LogP) is 2.01. The van der Waals surface area contributed by atoms with E-state index in [4.69, 9.17) is 0 Å². The van der Waals surface area contributed by atoms with Gasteiger partial charge in [0.15, 0.2) is 5.03 Å². The molecular formula is C16H20N6O3S2. The van der Waals surface area contributed by atoms with Crippen LogP contribution >= 0.6 is 11.8 Å². The van der Waals surface area contributed by atoms with E-state index in [0.29, 0.717) is 29.4 Å². The highest BCUT2D eigenvalue weighted by Gasteiger charge is 2.32. The molecule has 0 spiro atoms. The SMILES string of the molecule is CCNC(=O)n1nc(S(=O)(=O)c2c(SCC)nc3ccccn23)nc1CC. The zero-order valence-corrected chi connectivity index (χ0v) is 16.8. The lowest BCUT2D eigenvalue weighted by atomic mass is 10.5. The second-order valence-corrected chi connectivity index (χ2v) is 8.51. The maximum atomic E-state index is 13.3. The molecule has 0 aliphatic rings. The molecule has 0 saturated heterocycles. The number of pyridine rings is 1. The lowest BCUT2D eigenvalue weighted by Gasteiger charge is -2.03. The maximum Gasteiger partial charge on any atom is 0.343 e. The molecule has 3 aromatic heterocycles. The molecule has 3 heterocycles. The molecule has 9 nitrogen and oxygen atoms in total. The highest BCUT2D eigenvalue weighted by Crippen LogP contribution is 2.30. The zero-order chi connectivity index (χ0) is 19.6. The maximum absolute atomic E-state index is 13.3. The minimum atomic E-state index is -4.08. The van der Waals surface area contributed by atoms with Crippen LogP contribution in [0.4, 0.5) is 4.79 Å². The van der Waals surface area contributed by atoms with Crippen molar-refractivity contribution >= 4 is 33.3 Å². The number of hydrogen-bond donors (Lipinski definition) is 1. The van der Waals surface area contributed by atoms with Crippen molar-refractivity contribution < 1.29 is 13.2 Å². The number of aryl methyl sites for hydroxylation is 1. The number of nitrogens with one attached hydrogen (secondary N) is 1. The number of carbonyl (C=O) groups excluding carboxylic acids is 1. The number of imidazole rings is 1. The van der Waals surface area contributed by atoms with Gasteiger partial charge < -0.3 is 5.32 Å². The number of nitrogens with zero attached hydrogens (tertiary/aromatic N) is 5. The Kier molecular flexibility index (Phi) is 5.51. The third kappa shape index (κ3) is 3.44. The second-order valence-electron chi connectivity index (χ2n) is 5.50. The van der Waals surface area contributed by atoms with E-state index in [-0.39, 0.29) is 10.9 Å². The normalized spacial score (nSPS) is 11.8. The molecule has 0 saturated carbocycles. The van der Waals surface area contributed by atoms with Crippen LogP contribution in [0.2, 0.25) is 0 Å². The van der Waals surface area contributed by atoms with Crippen molar-refractivity contribution in [2.24, 2.45) is 0 Å². The lowest BCUT2D eigenvalue weighted by molar-refractivity contribution is 0.239. The first kappa shape index (κ1) is 19.4. The van der Waals surface area contributed by atoms with Crippen molar-refractivity contribution in [3.05, 3.63) is 30.2 Å². The number of carbonyl (C=O) groups is 1. The molecule has 27 heavy (non-hydrogen) atoms. The van der Waals surface area contributed by atoms with E-state index in [1.165, 1.54) is 16.2 Å². The summed E-state index contributed by atoms with van der Waals surface area (Å²) in [6.45, 7) is 5.87. The van der Waals surface area contributed by atoms with Gasteiger partial charge in [-0.3, -0.25) is 4.40 Å². The molecule has 0 radical (unpaired) electrons. The Hall–Kier alpha value is -2.40. The van der Waals surface area contributed by atoms with Gasteiger partial charge >= 0.3 is 6.03 Å². The third-order valence-electron chi connectivity index (χ3n) is 3.72. The quantitative estimate of drug-likeness (QED) is 0.621. The molecule has 144 valence electrons. The number of sulfone groups is 1. The third-order valence-corrected chi connectivity index (χ3v) is 6.25. The van der Waals surface area contributed by atoms with Crippen LogP contribution in [-0.2, 0) is 16.3 Å². The molecule has 3 rings (SSSR count). The Morgan fingerprint density at radius 2 is 2.00 bits per heavy atom. The summed E-state index contributed by atoms with van der Waals surface area (Å²) in [5, 5.41) is 6.58. The second kappa shape index (κ2) is 7.69. The van der Waals surface area contributed by atoms with Gasteiger partial charge in [0.25, 0.3) is 15.0 Å². The Bertz CT molecular complexity index is 1090. The van der Waals surface area contributed by atoms with E-state index in [1.807, 2.05) is 6.92 Å². The van der Waals surface area contributed by atoms with Crippen LogP contribution in [0, 0.1) is 0 Å². The van der Waals surface area contributed by atoms with Gasteiger partial charge in [0.05, 0.1) is 0 Å². The van der Waals surface area contributed by atoms with Crippen LogP contribution in [0.5, 0.6) is 0 Å². The van der Waals surface area contributed by atoms with Gasteiger partial charge in [-0.25, -0.2) is 23.2 Å². The van der Waals surface area contributed by atoms with E-state index in [9.17, 15) is 13.2 Å². The van der Waals surface area contributed by atoms with Crippen LogP contribution in [0.25, 0.3) is 5.65 Å². The van der Waals surface area contributed by atoms with E-state index < -0.39 is 21.0 Å². The van der Waals surface area contributed by atoms with Gasteiger partial charge in [0.1, 0.15) is 16.5 Å². The first-order valence-electron chi connectivity index (χ1n) is 8.53. The van der Waals surface area contributed by atoms with Gasteiger partial charge in [-0.1, -0.05) is 19.9 Å². The van der Waals surface area contributed by atoms with Crippen molar-refractivity contribution in [1.82, 2.24) is 29.5 Å². The molecule has 0 fully saturated rings. The monoisotopic (exact) mass is 408 g/mol. The highest BCUT2D eigenvalue weighted by atomic mass is 32.2. The Morgan fingerprint density at radius 1 is 1.22 bits per heavy atom. The van der Waals surface area contributed by atoms with E-state index in [0.717, 1.165) is 4.68 Å². The summed E-state index contributed by atoms with van der Waals surface area (Å²) in [4.78, 5) is 20.7. The van der Waals surface area contributed by atoms with E-state index >= 15 is 0 Å². The summed E-state index contributed by atoms with van der Waals surface area (Å²) >= 11 is 1.33. The molecule has 3 aromatic rings. The van der Waals surface area contributed by atoms with Crippen LogP contribution in [0.3, 0.4) is 0 Å². The number of thioether (sulfide) groups is 1. The largest absolute Gasteiger partial charge is 0.343 e. The zero-order valence-electron chi connectivity index (χ0n) is 15.2. The number of aromatic nitrogens is 5. The van der Waals surface area contributed by atoms with Gasteiger partial charge in [-0.15, -0.1) is 16.9 Å². The van der Waals surface area contributed by atoms with Gasteiger partial charge in [0.2, 0.25) is 0 Å². The predicted molar refractivity (Wildman–Crippen MR) is 101 cm³/mol. The summed E-state index contributed by atoms with van der Waals surface area (Å²) in [5.41, 5.74) is 0.519. The van der Waals surface area contributed by atoms with Crippen molar-refractivity contribution in [2.75, 3.05) is 12.3 Å². The summed E-state index contributed by atoms with van der Waals surface area (Å²) in [6, 6.07) is 4.74. The van der Waals surface area contributed by atoms with E-state index in [2.05, 4.69) is 20.4 Å². The van der Waals surface area contributed by atoms with Gasteiger partial charge in [0, 0.05) is 19.2 Å². The molecule has 1 N–H and O–H groups in total. The molecule has 0 atom stereocenters. The standard InChI is InChI=1S/C16H20N6O3S2/c1-4-11-19-15(20-22(11)16(23)17-5-2)27(24,25)14-13(26-6-3)18-12-9-7-8-10-21(12)14/h7-10H,4-6H2,1-3H3,(H,17,23). The summed E-state index contributed by atoms with van der Waals surface area (Å²) < 4.78 is 29.2. The fraction of sp³-hybridized carbons (Fsp3) is 0.375. The lowest BCUT2D eigenvalue weighted by Crippen LogP contribution is -2.30. The first-order chi connectivity index (χ1) is 12.9. The molecule has 0 unspecified atom stereocenters. The smallest absolute Gasteiger partial charge is 0.336 e. The average molecular weight is 409 g/mol. The van der Waals surface area contributed by atoms with Crippen molar-refractivity contribution in [3.63, 3.8) is 0 Å². The molecule has 11 heteroatoms. The van der Waals surface area contributed by atoms with Gasteiger partial charge in [-0.2, -0.15) is 4.68 Å².